The number of hydrogen-bond acceptors (Lipinski definition) is 4. The summed E-state index contributed by atoms with van der Waals surface area (Å²) < 4.78 is 0. The molecule has 0 fully saturated rings. The Balaban J connectivity index is 1.98. The average Bonchev–Trinajstić information content (AvgIpc) is 2.57. The highest BCUT2D eigenvalue weighted by molar-refractivity contribution is 7.99. The van der Waals surface area contributed by atoms with Crippen LogP contribution in [0.5, 0.6) is 0 Å². The van der Waals surface area contributed by atoms with Crippen molar-refractivity contribution < 1.29 is 0 Å². The van der Waals surface area contributed by atoms with Gasteiger partial charge in [0.25, 0.3) is 0 Å². The molecule has 0 amide bonds. The molecule has 0 atom stereocenters. The van der Waals surface area contributed by atoms with Crippen LogP contribution in [0.1, 0.15) is 24.5 Å². The Labute approximate surface area is 101 Å². The SMILES string of the molecule is Cc1csc(CNCCSCC(C)C)n1. The van der Waals surface area contributed by atoms with Gasteiger partial charge in [0.1, 0.15) is 5.01 Å². The van der Waals surface area contributed by atoms with Crippen molar-refractivity contribution in [2.24, 2.45) is 5.92 Å². The molecule has 86 valence electrons. The second-order valence-electron chi connectivity index (χ2n) is 4.03. The van der Waals surface area contributed by atoms with Crippen LogP contribution in [0.3, 0.4) is 0 Å². The largest absolute Gasteiger partial charge is 0.310 e. The molecular formula is C11H20N2S2. The molecule has 4 heteroatoms. The lowest BCUT2D eigenvalue weighted by atomic mass is 10.3. The predicted octanol–water partition coefficient (Wildman–Crippen LogP) is 2.93. The first-order valence-electron chi connectivity index (χ1n) is 5.38. The van der Waals surface area contributed by atoms with E-state index in [1.54, 1.807) is 11.3 Å². The summed E-state index contributed by atoms with van der Waals surface area (Å²) in [5, 5.41) is 6.71. The van der Waals surface area contributed by atoms with Crippen LogP contribution in [0.4, 0.5) is 0 Å². The van der Waals surface area contributed by atoms with E-state index in [9.17, 15) is 0 Å². The molecule has 2 nitrogen and oxygen atoms in total. The van der Waals surface area contributed by atoms with Crippen LogP contribution in [0, 0.1) is 12.8 Å². The fourth-order valence-electron chi connectivity index (χ4n) is 1.14. The maximum Gasteiger partial charge on any atom is 0.107 e. The standard InChI is InChI=1S/C11H20N2S2/c1-9(2)7-14-5-4-12-6-11-13-10(3)8-15-11/h8-9,12H,4-7H2,1-3H3. The summed E-state index contributed by atoms with van der Waals surface area (Å²) in [4.78, 5) is 4.41. The zero-order valence-corrected chi connectivity index (χ0v) is 11.4. The van der Waals surface area contributed by atoms with E-state index < -0.39 is 0 Å². The molecule has 0 spiro atoms. The van der Waals surface area contributed by atoms with Crippen molar-refractivity contribution >= 4 is 23.1 Å². The fourth-order valence-corrected chi connectivity index (χ4v) is 2.81. The molecule has 1 N–H and O–H groups in total. The highest BCUT2D eigenvalue weighted by Gasteiger charge is 1.98. The molecule has 0 unspecified atom stereocenters. The Hall–Kier alpha value is -0.0600. The third-order valence-electron chi connectivity index (χ3n) is 1.82. The summed E-state index contributed by atoms with van der Waals surface area (Å²) in [7, 11) is 0. The minimum absolute atomic E-state index is 0.802. The summed E-state index contributed by atoms with van der Waals surface area (Å²) in [6, 6.07) is 0. The molecule has 1 rings (SSSR count). The molecule has 1 aromatic rings. The van der Waals surface area contributed by atoms with Crippen LogP contribution < -0.4 is 5.32 Å². The molecule has 0 aliphatic rings. The van der Waals surface area contributed by atoms with Gasteiger partial charge < -0.3 is 5.32 Å². The van der Waals surface area contributed by atoms with Crippen LogP contribution in [0.15, 0.2) is 5.38 Å². The molecule has 0 radical (unpaired) electrons. The minimum atomic E-state index is 0.802. The van der Waals surface area contributed by atoms with E-state index in [1.165, 1.54) is 16.5 Å². The van der Waals surface area contributed by atoms with Crippen LogP contribution >= 0.6 is 23.1 Å². The van der Waals surface area contributed by atoms with Gasteiger partial charge in [-0.05, 0) is 18.6 Å². The summed E-state index contributed by atoms with van der Waals surface area (Å²) in [5.74, 6) is 3.26. The lowest BCUT2D eigenvalue weighted by Crippen LogP contribution is -2.16. The van der Waals surface area contributed by atoms with Crippen LogP contribution in [-0.4, -0.2) is 23.0 Å². The highest BCUT2D eigenvalue weighted by atomic mass is 32.2. The van der Waals surface area contributed by atoms with Gasteiger partial charge in [0, 0.05) is 29.9 Å². The number of thioether (sulfide) groups is 1. The van der Waals surface area contributed by atoms with E-state index in [0.717, 1.165) is 24.7 Å². The summed E-state index contributed by atoms with van der Waals surface area (Å²) in [5.41, 5.74) is 1.13. The summed E-state index contributed by atoms with van der Waals surface area (Å²) >= 11 is 3.76. The highest BCUT2D eigenvalue weighted by Crippen LogP contribution is 2.08. The predicted molar refractivity (Wildman–Crippen MR) is 70.7 cm³/mol. The third kappa shape index (κ3) is 6.17. The Bertz CT molecular complexity index is 271. The van der Waals surface area contributed by atoms with Gasteiger partial charge in [0.05, 0.1) is 0 Å². The molecular weight excluding hydrogens is 224 g/mol. The van der Waals surface area contributed by atoms with E-state index >= 15 is 0 Å². The first-order valence-corrected chi connectivity index (χ1v) is 7.41. The van der Waals surface area contributed by atoms with Gasteiger partial charge in [0.2, 0.25) is 0 Å². The van der Waals surface area contributed by atoms with Gasteiger partial charge in [0.15, 0.2) is 0 Å². The number of thiazole rings is 1. The van der Waals surface area contributed by atoms with Gasteiger partial charge in [-0.25, -0.2) is 4.98 Å². The monoisotopic (exact) mass is 244 g/mol. The first-order chi connectivity index (χ1) is 7.18. The number of nitrogens with zero attached hydrogens (tertiary/aromatic N) is 1. The Kier molecular flexibility index (Phi) is 6.29. The quantitative estimate of drug-likeness (QED) is 0.747. The molecule has 1 aromatic heterocycles. The molecule has 1 heterocycles. The van der Waals surface area contributed by atoms with Gasteiger partial charge in [-0.1, -0.05) is 13.8 Å². The number of aromatic nitrogens is 1. The zero-order chi connectivity index (χ0) is 11.1. The van der Waals surface area contributed by atoms with E-state index in [-0.39, 0.29) is 0 Å². The zero-order valence-electron chi connectivity index (χ0n) is 9.75. The van der Waals surface area contributed by atoms with Crippen molar-refractivity contribution in [3.63, 3.8) is 0 Å². The second-order valence-corrected chi connectivity index (χ2v) is 6.12. The van der Waals surface area contributed by atoms with Gasteiger partial charge >= 0.3 is 0 Å². The first kappa shape index (κ1) is 13.0. The van der Waals surface area contributed by atoms with E-state index in [1.807, 2.05) is 18.7 Å². The molecule has 0 bridgehead atoms. The second kappa shape index (κ2) is 7.25. The number of nitrogens with one attached hydrogen (secondary N) is 1. The van der Waals surface area contributed by atoms with Gasteiger partial charge in [-0.15, -0.1) is 11.3 Å². The van der Waals surface area contributed by atoms with Crippen LogP contribution in [-0.2, 0) is 6.54 Å². The van der Waals surface area contributed by atoms with Gasteiger partial charge in [-0.2, -0.15) is 11.8 Å². The fraction of sp³-hybridized carbons (Fsp3) is 0.727. The van der Waals surface area contributed by atoms with Crippen LogP contribution in [0.25, 0.3) is 0 Å². The normalized spacial score (nSPS) is 11.2. The van der Waals surface area contributed by atoms with Crippen molar-refractivity contribution in [3.8, 4) is 0 Å². The topological polar surface area (TPSA) is 24.9 Å². The lowest BCUT2D eigenvalue weighted by molar-refractivity contribution is 0.721. The summed E-state index contributed by atoms with van der Waals surface area (Å²) in [6.45, 7) is 8.56. The lowest BCUT2D eigenvalue weighted by Gasteiger charge is -2.04. The van der Waals surface area contributed by atoms with Gasteiger partial charge in [-0.3, -0.25) is 0 Å². The molecule has 0 saturated heterocycles. The van der Waals surface area contributed by atoms with E-state index in [4.69, 9.17) is 0 Å². The molecule has 0 aliphatic carbocycles. The Morgan fingerprint density at radius 3 is 2.93 bits per heavy atom. The Morgan fingerprint density at radius 2 is 2.33 bits per heavy atom. The van der Waals surface area contributed by atoms with Crippen molar-refractivity contribution in [1.82, 2.24) is 10.3 Å². The van der Waals surface area contributed by atoms with E-state index in [0.29, 0.717) is 0 Å². The molecule has 15 heavy (non-hydrogen) atoms. The molecule has 0 aliphatic heterocycles. The molecule has 0 aromatic carbocycles. The molecule has 0 saturated carbocycles. The number of rotatable bonds is 7. The third-order valence-corrected chi connectivity index (χ3v) is 4.18. The maximum absolute atomic E-state index is 4.41. The number of aryl methyl sites for hydroxylation is 1. The minimum Gasteiger partial charge on any atom is -0.310 e. The maximum atomic E-state index is 4.41. The van der Waals surface area contributed by atoms with Crippen LogP contribution in [0.2, 0.25) is 0 Å². The van der Waals surface area contributed by atoms with Crippen molar-refractivity contribution in [2.45, 2.75) is 27.3 Å². The summed E-state index contributed by atoms with van der Waals surface area (Å²) in [6.07, 6.45) is 0. The van der Waals surface area contributed by atoms with Crippen molar-refractivity contribution in [2.75, 3.05) is 18.1 Å². The van der Waals surface area contributed by atoms with Crippen molar-refractivity contribution in [1.29, 1.82) is 0 Å². The number of hydrogen-bond donors (Lipinski definition) is 1. The Morgan fingerprint density at radius 1 is 1.53 bits per heavy atom. The van der Waals surface area contributed by atoms with E-state index in [2.05, 4.69) is 29.5 Å². The van der Waals surface area contributed by atoms with Crippen molar-refractivity contribution in [3.05, 3.63) is 16.1 Å². The average molecular weight is 244 g/mol. The smallest absolute Gasteiger partial charge is 0.107 e.